The molecule has 0 aliphatic carbocycles. The van der Waals surface area contributed by atoms with Gasteiger partial charge in [0, 0.05) is 46.0 Å². The lowest BCUT2D eigenvalue weighted by molar-refractivity contribution is -0.124. The van der Waals surface area contributed by atoms with E-state index in [4.69, 9.17) is 15.5 Å². The Morgan fingerprint density at radius 1 is 1.11 bits per heavy atom. The van der Waals surface area contributed by atoms with Gasteiger partial charge in [-0.2, -0.15) is 0 Å². The van der Waals surface area contributed by atoms with Gasteiger partial charge in [0.2, 0.25) is 10.0 Å². The van der Waals surface area contributed by atoms with Crippen LogP contribution >= 0.6 is 0 Å². The molecule has 0 saturated carbocycles. The fourth-order valence-electron chi connectivity index (χ4n) is 5.29. The lowest BCUT2D eigenvalue weighted by Gasteiger charge is -2.34. The molecule has 2 aliphatic rings. The number of primary amides is 1. The van der Waals surface area contributed by atoms with Crippen molar-refractivity contribution < 1.29 is 22.7 Å². The van der Waals surface area contributed by atoms with Crippen molar-refractivity contribution in [3.63, 3.8) is 0 Å². The number of amidine groups is 1. The molecule has 1 fully saturated rings. The van der Waals surface area contributed by atoms with Gasteiger partial charge in [-0.25, -0.2) is 17.5 Å². The first-order valence-corrected chi connectivity index (χ1v) is 15.1. The molecule has 2 heterocycles. The number of hydrogen-bond acceptors (Lipinski definition) is 6. The minimum absolute atomic E-state index is 0.0161. The summed E-state index contributed by atoms with van der Waals surface area (Å²) in [5.41, 5.74) is 8.00. The summed E-state index contributed by atoms with van der Waals surface area (Å²) in [6, 6.07) is 3.14. The summed E-state index contributed by atoms with van der Waals surface area (Å²) < 4.78 is 32.9. The zero-order valence-corrected chi connectivity index (χ0v) is 24.0. The molecular formula is C27H43N5O5S. The van der Waals surface area contributed by atoms with Crippen molar-refractivity contribution >= 4 is 33.5 Å². The number of ether oxygens (including phenoxy) is 1. The van der Waals surface area contributed by atoms with Crippen LogP contribution in [-0.2, 0) is 26.0 Å². The minimum Gasteiger partial charge on any atom is -0.385 e. The molecule has 2 aliphatic heterocycles. The van der Waals surface area contributed by atoms with Gasteiger partial charge in [-0.15, -0.1) is 0 Å². The number of sulfonamides is 1. The van der Waals surface area contributed by atoms with Crippen molar-refractivity contribution in [3.05, 3.63) is 28.8 Å². The Balaban J connectivity index is 1.53. The van der Waals surface area contributed by atoms with Crippen LogP contribution in [0.1, 0.15) is 68.1 Å². The standard InChI is InChI=1S/C27H43N5O5S/c1-20-18-22(31(3)26(28)34)19-21(2)23(20)11-17-38(35,36)32-14-12-27(13-15-32)25(33)29-24(30-27)10-8-6-5-7-9-16-37-4/h18-19H,5-17H2,1-4H3,(H2,28,34)(H,29,30,33). The number of carbonyl (C=O) groups excluding carboxylic acids is 2. The van der Waals surface area contributed by atoms with E-state index in [9.17, 15) is 18.0 Å². The average Bonchev–Trinajstić information content (AvgIpc) is 3.16. The van der Waals surface area contributed by atoms with Crippen LogP contribution in [0, 0.1) is 13.8 Å². The molecule has 0 aromatic heterocycles. The van der Waals surface area contributed by atoms with Crippen molar-refractivity contribution in [1.29, 1.82) is 0 Å². The first-order valence-electron chi connectivity index (χ1n) is 13.5. The number of urea groups is 1. The van der Waals surface area contributed by atoms with E-state index in [1.165, 1.54) is 9.21 Å². The molecule has 1 saturated heterocycles. The average molecular weight is 550 g/mol. The Labute approximate surface area is 227 Å². The van der Waals surface area contributed by atoms with Gasteiger partial charge in [0.05, 0.1) is 5.75 Å². The number of unbranched alkanes of at least 4 members (excludes halogenated alkanes) is 4. The van der Waals surface area contributed by atoms with E-state index in [2.05, 4.69) is 5.32 Å². The molecule has 38 heavy (non-hydrogen) atoms. The number of benzene rings is 1. The van der Waals surface area contributed by atoms with Gasteiger partial charge in [0.15, 0.2) is 0 Å². The van der Waals surface area contributed by atoms with Crippen LogP contribution in [0.25, 0.3) is 0 Å². The molecule has 1 spiro atoms. The number of nitrogens with zero attached hydrogens (tertiary/aromatic N) is 3. The third-order valence-electron chi connectivity index (χ3n) is 7.74. The molecule has 1 aromatic carbocycles. The lowest BCUT2D eigenvalue weighted by atomic mass is 9.89. The van der Waals surface area contributed by atoms with Crippen LogP contribution in [0.15, 0.2) is 17.1 Å². The number of carbonyl (C=O) groups is 2. The number of aliphatic imine (C=N–C) groups is 1. The molecule has 3 amide bonds. The number of nitrogens with one attached hydrogen (secondary N) is 1. The monoisotopic (exact) mass is 549 g/mol. The van der Waals surface area contributed by atoms with E-state index in [-0.39, 0.29) is 24.7 Å². The Morgan fingerprint density at radius 2 is 1.71 bits per heavy atom. The second-order valence-corrected chi connectivity index (χ2v) is 12.6. The van der Waals surface area contributed by atoms with Crippen molar-refractivity contribution in [2.45, 2.75) is 77.2 Å². The van der Waals surface area contributed by atoms with Gasteiger partial charge in [0.25, 0.3) is 5.91 Å². The number of amides is 3. The number of nitrogens with two attached hydrogens (primary N) is 1. The van der Waals surface area contributed by atoms with E-state index in [0.29, 0.717) is 24.9 Å². The first kappa shape index (κ1) is 30.0. The second-order valence-electron chi connectivity index (χ2n) is 10.5. The third-order valence-corrected chi connectivity index (χ3v) is 9.62. The largest absolute Gasteiger partial charge is 0.385 e. The summed E-state index contributed by atoms with van der Waals surface area (Å²) in [6.07, 6.45) is 7.30. The number of piperidine rings is 1. The van der Waals surface area contributed by atoms with Gasteiger partial charge in [-0.1, -0.05) is 19.3 Å². The van der Waals surface area contributed by atoms with Crippen molar-refractivity contribution in [2.75, 3.05) is 44.5 Å². The lowest BCUT2D eigenvalue weighted by Crippen LogP contribution is -2.50. The summed E-state index contributed by atoms with van der Waals surface area (Å²) in [4.78, 5) is 30.4. The fraction of sp³-hybridized carbons (Fsp3) is 0.667. The number of hydrogen-bond donors (Lipinski definition) is 2. The van der Waals surface area contributed by atoms with Crippen LogP contribution < -0.4 is 16.0 Å². The summed E-state index contributed by atoms with van der Waals surface area (Å²) in [5, 5.41) is 2.95. The predicted octanol–water partition coefficient (Wildman–Crippen LogP) is 3.04. The summed E-state index contributed by atoms with van der Waals surface area (Å²) in [6.45, 7) is 5.18. The molecule has 0 radical (unpaired) electrons. The molecule has 10 nitrogen and oxygen atoms in total. The fourth-order valence-corrected chi connectivity index (χ4v) is 6.75. The highest BCUT2D eigenvalue weighted by Gasteiger charge is 2.47. The van der Waals surface area contributed by atoms with Crippen LogP contribution in [0.3, 0.4) is 0 Å². The molecule has 0 atom stereocenters. The zero-order chi connectivity index (χ0) is 27.9. The van der Waals surface area contributed by atoms with Crippen LogP contribution in [0.2, 0.25) is 0 Å². The van der Waals surface area contributed by atoms with E-state index in [0.717, 1.165) is 67.7 Å². The molecule has 3 rings (SSSR count). The predicted molar refractivity (Wildman–Crippen MR) is 150 cm³/mol. The maximum absolute atomic E-state index is 13.2. The van der Waals surface area contributed by atoms with Crippen LogP contribution in [0.5, 0.6) is 0 Å². The molecule has 11 heteroatoms. The van der Waals surface area contributed by atoms with Crippen molar-refractivity contribution in [2.24, 2.45) is 10.7 Å². The zero-order valence-electron chi connectivity index (χ0n) is 23.2. The number of rotatable bonds is 13. The molecule has 212 valence electrons. The summed E-state index contributed by atoms with van der Waals surface area (Å²) >= 11 is 0. The van der Waals surface area contributed by atoms with Gasteiger partial charge in [-0.3, -0.25) is 14.7 Å². The maximum Gasteiger partial charge on any atom is 0.318 e. The van der Waals surface area contributed by atoms with Gasteiger partial charge < -0.3 is 15.8 Å². The van der Waals surface area contributed by atoms with E-state index in [1.807, 2.05) is 26.0 Å². The van der Waals surface area contributed by atoms with E-state index < -0.39 is 21.6 Å². The van der Waals surface area contributed by atoms with E-state index >= 15 is 0 Å². The Hall–Kier alpha value is -2.50. The summed E-state index contributed by atoms with van der Waals surface area (Å²) in [7, 11) is -0.180. The highest BCUT2D eigenvalue weighted by Crippen LogP contribution is 2.32. The molecule has 3 N–H and O–H groups in total. The molecular weight excluding hydrogens is 506 g/mol. The Bertz CT molecular complexity index is 1120. The van der Waals surface area contributed by atoms with Gasteiger partial charge >= 0.3 is 6.03 Å². The normalized spacial score (nSPS) is 17.5. The molecule has 1 aromatic rings. The van der Waals surface area contributed by atoms with Crippen LogP contribution in [-0.4, -0.2) is 75.6 Å². The number of methoxy groups -OCH3 is 1. The Kier molecular flexibility index (Phi) is 10.3. The van der Waals surface area contributed by atoms with E-state index in [1.54, 1.807) is 14.2 Å². The quantitative estimate of drug-likeness (QED) is 0.365. The Morgan fingerprint density at radius 3 is 2.32 bits per heavy atom. The van der Waals surface area contributed by atoms with Gasteiger partial charge in [0.1, 0.15) is 11.4 Å². The first-order chi connectivity index (χ1) is 18.0. The highest BCUT2D eigenvalue weighted by molar-refractivity contribution is 7.89. The molecule has 0 bridgehead atoms. The smallest absolute Gasteiger partial charge is 0.318 e. The number of anilines is 1. The summed E-state index contributed by atoms with van der Waals surface area (Å²) in [5.74, 6) is 0.620. The second kappa shape index (κ2) is 13.0. The topological polar surface area (TPSA) is 134 Å². The van der Waals surface area contributed by atoms with Crippen LogP contribution in [0.4, 0.5) is 10.5 Å². The minimum atomic E-state index is -3.50. The van der Waals surface area contributed by atoms with Gasteiger partial charge in [-0.05, 0) is 74.8 Å². The SMILES string of the molecule is COCCCCCCCC1=NC2(CCN(S(=O)(=O)CCc3c(C)cc(N(C)C(N)=O)cc3C)CC2)C(=O)N1. The molecule has 0 unspecified atom stereocenters. The maximum atomic E-state index is 13.2. The van der Waals surface area contributed by atoms with Crippen molar-refractivity contribution in [1.82, 2.24) is 9.62 Å². The highest BCUT2D eigenvalue weighted by atomic mass is 32.2. The van der Waals surface area contributed by atoms with Crippen molar-refractivity contribution in [3.8, 4) is 0 Å². The third kappa shape index (κ3) is 7.33. The number of aryl methyl sites for hydroxylation is 2.